The van der Waals surface area contributed by atoms with Crippen LogP contribution in [0.15, 0.2) is 53.9 Å². The molecule has 0 fully saturated rings. The summed E-state index contributed by atoms with van der Waals surface area (Å²) in [5, 5.41) is 5.00. The van der Waals surface area contributed by atoms with Crippen LogP contribution in [0, 0.1) is 18.7 Å². The fourth-order valence-corrected chi connectivity index (χ4v) is 5.09. The van der Waals surface area contributed by atoms with Crippen LogP contribution in [-0.2, 0) is 21.2 Å². The van der Waals surface area contributed by atoms with Gasteiger partial charge in [0.15, 0.2) is 9.84 Å². The summed E-state index contributed by atoms with van der Waals surface area (Å²) in [5.41, 5.74) is 4.03. The molecular weight excluding hydrogens is 391 g/mol. The van der Waals surface area contributed by atoms with E-state index in [4.69, 9.17) is 0 Å². The van der Waals surface area contributed by atoms with Gasteiger partial charge in [-0.1, -0.05) is 24.3 Å². The van der Waals surface area contributed by atoms with Crippen LogP contribution in [-0.4, -0.2) is 25.1 Å². The monoisotopic (exact) mass is 412 g/mol. The van der Waals surface area contributed by atoms with Crippen LogP contribution >= 0.6 is 0 Å². The van der Waals surface area contributed by atoms with Crippen molar-refractivity contribution >= 4 is 26.6 Å². The van der Waals surface area contributed by atoms with E-state index in [1.54, 1.807) is 24.3 Å². The van der Waals surface area contributed by atoms with E-state index in [0.717, 1.165) is 27.7 Å². The summed E-state index contributed by atoms with van der Waals surface area (Å²) in [4.78, 5) is 15.4. The van der Waals surface area contributed by atoms with Gasteiger partial charge in [0.1, 0.15) is 5.82 Å². The van der Waals surface area contributed by atoms with Crippen molar-refractivity contribution in [3.05, 3.63) is 70.9 Å². The molecule has 0 saturated heterocycles. The molecule has 3 aromatic rings. The summed E-state index contributed by atoms with van der Waals surface area (Å²) in [6.07, 6.45) is 1.73. The van der Waals surface area contributed by atoms with Gasteiger partial charge < -0.3 is 10.3 Å². The molecule has 1 aliphatic heterocycles. The van der Waals surface area contributed by atoms with Crippen molar-refractivity contribution < 1.29 is 17.6 Å². The zero-order chi connectivity index (χ0) is 20.6. The molecule has 1 aliphatic rings. The SMILES string of the molecule is Cc1c(-c2ccccc2F)[nH]c2ccc(CNC(=O)CC3C=CS(=O)(=O)C3)cc12. The molecule has 0 saturated carbocycles. The van der Waals surface area contributed by atoms with Gasteiger partial charge in [-0.3, -0.25) is 4.79 Å². The number of carbonyl (C=O) groups excluding carboxylic acids is 1. The molecule has 29 heavy (non-hydrogen) atoms. The molecule has 4 rings (SSSR count). The number of halogens is 1. The lowest BCUT2D eigenvalue weighted by Crippen LogP contribution is -2.25. The van der Waals surface area contributed by atoms with E-state index in [1.807, 2.05) is 25.1 Å². The normalized spacial score (nSPS) is 17.7. The van der Waals surface area contributed by atoms with Gasteiger partial charge >= 0.3 is 0 Å². The number of aryl methyl sites for hydroxylation is 1. The number of rotatable bonds is 5. The Hall–Kier alpha value is -2.93. The zero-order valence-corrected chi connectivity index (χ0v) is 16.7. The number of aromatic amines is 1. The van der Waals surface area contributed by atoms with Gasteiger partial charge in [0.05, 0.1) is 11.4 Å². The molecule has 0 bridgehead atoms. The first-order valence-corrected chi connectivity index (χ1v) is 11.1. The summed E-state index contributed by atoms with van der Waals surface area (Å²) in [7, 11) is -3.15. The predicted molar refractivity (Wildman–Crippen MR) is 111 cm³/mol. The standard InChI is InChI=1S/C22H21FN2O3S/c1-14-18-10-15(12-24-21(26)11-16-8-9-29(27,28)13-16)6-7-20(18)25-22(14)17-4-2-3-5-19(17)23/h2-10,16,25H,11-13H2,1H3,(H,24,26). The first kappa shape index (κ1) is 19.4. The van der Waals surface area contributed by atoms with Crippen LogP contribution in [0.1, 0.15) is 17.5 Å². The summed E-state index contributed by atoms with van der Waals surface area (Å²) < 4.78 is 37.1. The minimum atomic E-state index is -3.15. The summed E-state index contributed by atoms with van der Waals surface area (Å²) >= 11 is 0. The van der Waals surface area contributed by atoms with Crippen LogP contribution in [0.4, 0.5) is 4.39 Å². The number of hydrogen-bond acceptors (Lipinski definition) is 3. The number of sulfone groups is 1. The minimum absolute atomic E-state index is 0.00620. The van der Waals surface area contributed by atoms with Crippen molar-refractivity contribution in [3.63, 3.8) is 0 Å². The lowest BCUT2D eigenvalue weighted by atomic mass is 10.0. The maximum absolute atomic E-state index is 14.2. The van der Waals surface area contributed by atoms with Crippen molar-refractivity contribution in [2.75, 3.05) is 5.75 Å². The maximum Gasteiger partial charge on any atom is 0.220 e. The second-order valence-corrected chi connectivity index (χ2v) is 9.31. The summed E-state index contributed by atoms with van der Waals surface area (Å²) in [5.74, 6) is -0.738. The predicted octanol–water partition coefficient (Wildman–Crippen LogP) is 3.85. The van der Waals surface area contributed by atoms with E-state index in [0.29, 0.717) is 12.1 Å². The van der Waals surface area contributed by atoms with Crippen LogP contribution in [0.3, 0.4) is 0 Å². The molecule has 2 aromatic carbocycles. The third kappa shape index (κ3) is 4.10. The third-order valence-electron chi connectivity index (χ3n) is 5.21. The Morgan fingerprint density at radius 2 is 2.03 bits per heavy atom. The largest absolute Gasteiger partial charge is 0.354 e. The topological polar surface area (TPSA) is 79.0 Å². The van der Waals surface area contributed by atoms with Crippen LogP contribution < -0.4 is 5.32 Å². The van der Waals surface area contributed by atoms with E-state index < -0.39 is 9.84 Å². The van der Waals surface area contributed by atoms with Gasteiger partial charge in [-0.15, -0.1) is 0 Å². The molecule has 7 heteroatoms. The van der Waals surface area contributed by atoms with Gasteiger partial charge in [0.25, 0.3) is 0 Å². The Morgan fingerprint density at radius 3 is 2.76 bits per heavy atom. The number of hydrogen-bond donors (Lipinski definition) is 2. The Bertz CT molecular complexity index is 1230. The van der Waals surface area contributed by atoms with Gasteiger partial charge in [0, 0.05) is 40.8 Å². The third-order valence-corrected chi connectivity index (χ3v) is 6.67. The lowest BCUT2D eigenvalue weighted by molar-refractivity contribution is -0.121. The van der Waals surface area contributed by atoms with Gasteiger partial charge in [0.2, 0.25) is 5.91 Å². The fourth-order valence-electron chi connectivity index (χ4n) is 3.70. The second kappa shape index (κ2) is 7.48. The Balaban J connectivity index is 1.48. The molecule has 2 N–H and O–H groups in total. The number of benzene rings is 2. The number of H-pyrrole nitrogens is 1. The average Bonchev–Trinajstić information content (AvgIpc) is 3.19. The lowest BCUT2D eigenvalue weighted by Gasteiger charge is -2.08. The van der Waals surface area contributed by atoms with Crippen LogP contribution in [0.25, 0.3) is 22.2 Å². The van der Waals surface area contributed by atoms with Crippen molar-refractivity contribution in [2.24, 2.45) is 5.92 Å². The molecule has 0 aliphatic carbocycles. The Kier molecular flexibility index (Phi) is 5.00. The molecule has 5 nitrogen and oxygen atoms in total. The second-order valence-electron chi connectivity index (χ2n) is 7.38. The van der Waals surface area contributed by atoms with Crippen molar-refractivity contribution in [3.8, 4) is 11.3 Å². The van der Waals surface area contributed by atoms with E-state index >= 15 is 0 Å². The number of carbonyl (C=O) groups is 1. The first-order valence-electron chi connectivity index (χ1n) is 9.36. The van der Waals surface area contributed by atoms with Crippen molar-refractivity contribution in [2.45, 2.75) is 19.9 Å². The summed E-state index contributed by atoms with van der Waals surface area (Å²) in [6.45, 7) is 2.29. The van der Waals surface area contributed by atoms with Gasteiger partial charge in [-0.05, 0) is 42.3 Å². The Morgan fingerprint density at radius 1 is 1.24 bits per heavy atom. The molecular formula is C22H21FN2O3S. The fraction of sp³-hybridized carbons (Fsp3) is 0.227. The van der Waals surface area contributed by atoms with Crippen molar-refractivity contribution in [1.82, 2.24) is 10.3 Å². The molecule has 1 aromatic heterocycles. The van der Waals surface area contributed by atoms with E-state index in [1.165, 1.54) is 11.5 Å². The zero-order valence-electron chi connectivity index (χ0n) is 15.9. The van der Waals surface area contributed by atoms with Gasteiger partial charge in [-0.2, -0.15) is 0 Å². The first-order chi connectivity index (χ1) is 13.8. The number of nitrogens with one attached hydrogen (secondary N) is 2. The highest BCUT2D eigenvalue weighted by Crippen LogP contribution is 2.31. The number of amides is 1. The smallest absolute Gasteiger partial charge is 0.220 e. The molecule has 1 unspecified atom stereocenters. The summed E-state index contributed by atoms with van der Waals surface area (Å²) in [6, 6.07) is 12.4. The van der Waals surface area contributed by atoms with E-state index in [2.05, 4.69) is 10.3 Å². The molecule has 0 radical (unpaired) electrons. The Labute approximate surface area is 168 Å². The highest BCUT2D eigenvalue weighted by Gasteiger charge is 2.23. The average molecular weight is 412 g/mol. The van der Waals surface area contributed by atoms with Gasteiger partial charge in [-0.25, -0.2) is 12.8 Å². The molecule has 0 spiro atoms. The highest BCUT2D eigenvalue weighted by molar-refractivity contribution is 7.94. The van der Waals surface area contributed by atoms with E-state index in [-0.39, 0.29) is 29.8 Å². The molecule has 1 amide bonds. The number of aromatic nitrogens is 1. The molecule has 1 atom stereocenters. The number of fused-ring (bicyclic) bond motifs is 1. The highest BCUT2D eigenvalue weighted by atomic mass is 32.2. The molecule has 150 valence electrons. The molecule has 2 heterocycles. The maximum atomic E-state index is 14.2. The van der Waals surface area contributed by atoms with Crippen LogP contribution in [0.5, 0.6) is 0 Å². The number of allylic oxidation sites excluding steroid dienone is 1. The minimum Gasteiger partial charge on any atom is -0.354 e. The van der Waals surface area contributed by atoms with Crippen LogP contribution in [0.2, 0.25) is 0 Å². The van der Waals surface area contributed by atoms with E-state index in [9.17, 15) is 17.6 Å². The van der Waals surface area contributed by atoms with Crippen molar-refractivity contribution in [1.29, 1.82) is 0 Å². The quantitative estimate of drug-likeness (QED) is 0.668.